The molecule has 0 heterocycles. The van der Waals surface area contributed by atoms with Crippen molar-refractivity contribution in [1.82, 2.24) is 0 Å². The van der Waals surface area contributed by atoms with E-state index in [9.17, 15) is 8.42 Å². The van der Waals surface area contributed by atoms with Gasteiger partial charge in [0.25, 0.3) is 0 Å². The maximum atomic E-state index is 11.0. The molecule has 0 saturated carbocycles. The third-order valence-electron chi connectivity index (χ3n) is 1.41. The zero-order valence-electron chi connectivity index (χ0n) is 7.43. The first-order chi connectivity index (χ1) is 6.97. The van der Waals surface area contributed by atoms with E-state index in [1.54, 1.807) is 12.1 Å². The van der Waals surface area contributed by atoms with Crippen LogP contribution in [0.15, 0.2) is 29.2 Å². The van der Waals surface area contributed by atoms with Gasteiger partial charge in [-0.25, -0.2) is 8.42 Å². The maximum absolute atomic E-state index is 11.0. The molecule has 1 rings (SSSR count). The van der Waals surface area contributed by atoms with Crippen molar-refractivity contribution in [3.05, 3.63) is 34.1 Å². The third kappa shape index (κ3) is 6.10. The SMILES string of the molecule is Cc1ccc(S(=O)(=O)[N-]Cl)cc1.[Cl][Pt][Cl]. The number of hydrogen-bond donors (Lipinski definition) is 0. The van der Waals surface area contributed by atoms with Gasteiger partial charge in [0.15, 0.2) is 0 Å². The molecule has 0 aliphatic carbocycles. The van der Waals surface area contributed by atoms with Crippen LogP contribution in [0.4, 0.5) is 0 Å². The van der Waals surface area contributed by atoms with Gasteiger partial charge < -0.3 is 4.24 Å². The topological polar surface area (TPSA) is 48.2 Å². The molecule has 1 aromatic rings. The molecule has 0 unspecified atom stereocenters. The Bertz CT molecular complexity index is 382. The van der Waals surface area contributed by atoms with Crippen molar-refractivity contribution in [3.8, 4) is 0 Å². The molecule has 1 aromatic carbocycles. The molecule has 0 atom stereocenters. The van der Waals surface area contributed by atoms with Crippen LogP contribution in [0, 0.1) is 6.92 Å². The molecular weight excluding hydrogens is 464 g/mol. The van der Waals surface area contributed by atoms with Crippen molar-refractivity contribution in [1.29, 1.82) is 0 Å². The second-order valence-electron chi connectivity index (χ2n) is 2.40. The molecule has 0 fully saturated rings. The normalized spacial score (nSPS) is 10.7. The third-order valence-corrected chi connectivity index (χ3v) is 3.00. The Morgan fingerprint density at radius 1 is 1.20 bits per heavy atom. The molecule has 0 aliphatic heterocycles. The first-order valence-corrected chi connectivity index (χ1v) is 10.9. The van der Waals surface area contributed by atoms with E-state index in [1.165, 1.54) is 12.1 Å². The van der Waals surface area contributed by atoms with Crippen LogP contribution < -0.4 is 0 Å². The molecule has 3 nitrogen and oxygen atoms in total. The van der Waals surface area contributed by atoms with Crippen molar-refractivity contribution >= 4 is 40.6 Å². The fraction of sp³-hybridized carbons (Fsp3) is 0.143. The summed E-state index contributed by atoms with van der Waals surface area (Å²) in [4.78, 5) is 0.114. The van der Waals surface area contributed by atoms with Crippen molar-refractivity contribution in [2.24, 2.45) is 0 Å². The van der Waals surface area contributed by atoms with Gasteiger partial charge in [-0.1, -0.05) is 17.7 Å². The number of sulfonamides is 1. The molecule has 0 aliphatic rings. The summed E-state index contributed by atoms with van der Waals surface area (Å²) in [5, 5.41) is 0. The van der Waals surface area contributed by atoms with Gasteiger partial charge in [0.05, 0.1) is 0 Å². The molecule has 0 N–H and O–H groups in total. The van der Waals surface area contributed by atoms with Crippen LogP contribution in [0.1, 0.15) is 5.56 Å². The molecule has 8 heteroatoms. The van der Waals surface area contributed by atoms with Gasteiger partial charge in [-0.05, 0) is 19.1 Å². The van der Waals surface area contributed by atoms with Gasteiger partial charge >= 0.3 is 35.3 Å². The number of hydrogen-bond acceptors (Lipinski definition) is 2. The minimum absolute atomic E-state index is 0.114. The van der Waals surface area contributed by atoms with Crippen molar-refractivity contribution in [2.45, 2.75) is 11.8 Å². The Morgan fingerprint density at radius 3 is 1.93 bits per heavy atom. The number of aryl methyl sites for hydroxylation is 1. The van der Waals surface area contributed by atoms with Crippen molar-refractivity contribution < 1.29 is 24.9 Å². The molecule has 0 saturated heterocycles. The summed E-state index contributed by atoms with van der Waals surface area (Å²) in [5.41, 5.74) is 0.989. The van der Waals surface area contributed by atoms with Crippen LogP contribution in [-0.2, 0) is 26.5 Å². The zero-order chi connectivity index (χ0) is 11.9. The molecule has 0 amide bonds. The number of rotatable bonds is 2. The van der Waals surface area contributed by atoms with Crippen LogP contribution in [0.3, 0.4) is 0 Å². The zero-order valence-corrected chi connectivity index (χ0v) is 12.8. The first kappa shape index (κ1) is 15.7. The summed E-state index contributed by atoms with van der Waals surface area (Å²) in [6.07, 6.45) is 0. The molecule has 0 aromatic heterocycles. The summed E-state index contributed by atoms with van der Waals surface area (Å²) in [6, 6.07) is 6.32. The monoisotopic (exact) mass is 469 g/mol. The number of benzene rings is 1. The first-order valence-electron chi connectivity index (χ1n) is 3.45. The average Bonchev–Trinajstić information content (AvgIpc) is 2.20. The van der Waals surface area contributed by atoms with Gasteiger partial charge in [0, 0.05) is 4.90 Å². The second-order valence-corrected chi connectivity index (χ2v) is 7.66. The number of halogens is 3. The summed E-state index contributed by atoms with van der Waals surface area (Å²) >= 11 is 4.43. The number of nitrogens with zero attached hydrogens (tertiary/aromatic N) is 1. The Morgan fingerprint density at radius 2 is 1.60 bits per heavy atom. The van der Waals surface area contributed by atoms with Crippen molar-refractivity contribution in [3.63, 3.8) is 0 Å². The van der Waals surface area contributed by atoms with Gasteiger partial charge in [-0.15, -0.1) is 0 Å². The summed E-state index contributed by atoms with van der Waals surface area (Å²) in [7, 11) is 6.13. The van der Waals surface area contributed by atoms with E-state index in [4.69, 9.17) is 30.6 Å². The Labute approximate surface area is 111 Å². The van der Waals surface area contributed by atoms with E-state index in [0.717, 1.165) is 5.56 Å². The summed E-state index contributed by atoms with van der Waals surface area (Å²) in [6.45, 7) is 1.87. The van der Waals surface area contributed by atoms with Crippen LogP contribution in [-0.4, -0.2) is 8.42 Å². The standard InChI is InChI=1S/C7H7ClNO2S.2ClH.Pt/c1-6-2-4-7(5-3-6)12(10,11)9-8;;;/h2-5H,1H3;2*1H;/q-1;;;+2/p-2. The van der Waals surface area contributed by atoms with E-state index in [0.29, 0.717) is 0 Å². The van der Waals surface area contributed by atoms with Crippen LogP contribution >= 0.6 is 30.6 Å². The van der Waals surface area contributed by atoms with Crippen molar-refractivity contribution in [2.75, 3.05) is 0 Å². The van der Waals surface area contributed by atoms with Crippen LogP contribution in [0.2, 0.25) is 0 Å². The van der Waals surface area contributed by atoms with Crippen LogP contribution in [0.25, 0.3) is 4.24 Å². The van der Waals surface area contributed by atoms with Gasteiger partial charge in [0.2, 0.25) is 0 Å². The second kappa shape index (κ2) is 7.88. The average molecular weight is 471 g/mol. The predicted molar refractivity (Wildman–Crippen MR) is 59.3 cm³/mol. The molecule has 15 heavy (non-hydrogen) atoms. The summed E-state index contributed by atoms with van der Waals surface area (Å²) in [5.74, 6) is 0. The Hall–Kier alpha value is 0.688. The fourth-order valence-electron chi connectivity index (χ4n) is 0.750. The minimum atomic E-state index is -3.62. The fourth-order valence-corrected chi connectivity index (χ4v) is 1.55. The molecule has 0 bridgehead atoms. The molecule has 0 spiro atoms. The van der Waals surface area contributed by atoms with Gasteiger partial charge in [0.1, 0.15) is 10.0 Å². The Balaban J connectivity index is 0.000000583. The van der Waals surface area contributed by atoms with E-state index >= 15 is 0 Å². The summed E-state index contributed by atoms with van der Waals surface area (Å²) < 4.78 is 24.8. The van der Waals surface area contributed by atoms with E-state index in [1.807, 2.05) is 6.92 Å². The molecule has 0 radical (unpaired) electrons. The van der Waals surface area contributed by atoms with Gasteiger partial charge in [-0.3, -0.25) is 11.8 Å². The Kier molecular flexibility index (Phi) is 8.24. The molecular formula is C7H7Cl3NO2PtS-. The predicted octanol–water partition coefficient (Wildman–Crippen LogP) is 3.59. The quantitative estimate of drug-likeness (QED) is 0.663. The van der Waals surface area contributed by atoms with Gasteiger partial charge in [-0.2, -0.15) is 0 Å². The van der Waals surface area contributed by atoms with E-state index < -0.39 is 26.5 Å². The van der Waals surface area contributed by atoms with Crippen LogP contribution in [0.5, 0.6) is 0 Å². The van der Waals surface area contributed by atoms with E-state index in [-0.39, 0.29) is 4.90 Å². The van der Waals surface area contributed by atoms with E-state index in [2.05, 4.69) is 4.24 Å². The molecule has 90 valence electrons.